The van der Waals surface area contributed by atoms with Crippen LogP contribution in [0.1, 0.15) is 67.3 Å². The highest BCUT2D eigenvalue weighted by Gasteiger charge is 2.35. The number of hydrogen-bond donors (Lipinski definition) is 1. The lowest BCUT2D eigenvalue weighted by Crippen LogP contribution is -2.33. The minimum absolute atomic E-state index is 0.171. The van der Waals surface area contributed by atoms with Gasteiger partial charge in [-0.2, -0.15) is 0 Å². The molecule has 0 saturated heterocycles. The number of carbonyl (C=O) groups excluding carboxylic acids is 2. The van der Waals surface area contributed by atoms with Crippen molar-refractivity contribution in [2.75, 3.05) is 13.7 Å². The molecule has 1 aliphatic rings. The zero-order valence-electron chi connectivity index (χ0n) is 20.3. The van der Waals surface area contributed by atoms with Crippen molar-refractivity contribution in [3.8, 4) is 5.75 Å². The van der Waals surface area contributed by atoms with Crippen molar-refractivity contribution < 1.29 is 23.5 Å². The standard InChI is InChI=1S/C28H33ClFNO4/c1-3-4-5-6-7-16-35-23-13-9-19(10-14-23)27(32)31-22-12-8-20(17-22)26(28(33)34-2)24-15-11-21(30)18-25(24)29/h8-15,18,20,22,26H,3-7,16-17H2,1-2H3,(H,31,32)/t20-,22-,26+/m1/s1. The molecule has 0 spiro atoms. The first-order chi connectivity index (χ1) is 16.9. The Bertz CT molecular complexity index is 1020. The first-order valence-corrected chi connectivity index (χ1v) is 12.6. The molecular formula is C28H33ClFNO4. The van der Waals surface area contributed by atoms with E-state index in [1.54, 1.807) is 24.3 Å². The Morgan fingerprint density at radius 2 is 1.83 bits per heavy atom. The van der Waals surface area contributed by atoms with Crippen LogP contribution in [0.4, 0.5) is 4.39 Å². The highest BCUT2D eigenvalue weighted by molar-refractivity contribution is 6.31. The van der Waals surface area contributed by atoms with Crippen molar-refractivity contribution in [2.24, 2.45) is 5.92 Å². The van der Waals surface area contributed by atoms with Crippen LogP contribution in [0.3, 0.4) is 0 Å². The SMILES string of the molecule is CCCCCCCOc1ccc(C(=O)N[C@@H]2C=C[C@@H]([C@H](C(=O)OC)c3ccc(F)cc3Cl)C2)cc1. The molecule has 2 aromatic carbocycles. The zero-order valence-corrected chi connectivity index (χ0v) is 21.0. The largest absolute Gasteiger partial charge is 0.494 e. The molecule has 35 heavy (non-hydrogen) atoms. The molecule has 0 aliphatic heterocycles. The molecule has 7 heteroatoms. The summed E-state index contributed by atoms with van der Waals surface area (Å²) >= 11 is 6.23. The van der Waals surface area contributed by atoms with Crippen molar-refractivity contribution in [1.29, 1.82) is 0 Å². The molecule has 0 radical (unpaired) electrons. The zero-order chi connectivity index (χ0) is 25.2. The highest BCUT2D eigenvalue weighted by atomic mass is 35.5. The molecule has 2 aromatic rings. The second-order valence-electron chi connectivity index (χ2n) is 8.82. The Hall–Kier alpha value is -2.86. The Balaban J connectivity index is 1.54. The summed E-state index contributed by atoms with van der Waals surface area (Å²) in [6, 6.07) is 10.8. The van der Waals surface area contributed by atoms with Gasteiger partial charge in [0.25, 0.3) is 5.91 Å². The number of nitrogens with one attached hydrogen (secondary N) is 1. The number of rotatable bonds is 12. The van der Waals surface area contributed by atoms with Crippen LogP contribution in [0.25, 0.3) is 0 Å². The monoisotopic (exact) mass is 501 g/mol. The lowest BCUT2D eigenvalue weighted by molar-refractivity contribution is -0.143. The van der Waals surface area contributed by atoms with Crippen LogP contribution >= 0.6 is 11.6 Å². The maximum Gasteiger partial charge on any atom is 0.313 e. The van der Waals surface area contributed by atoms with Crippen LogP contribution in [-0.2, 0) is 9.53 Å². The number of amides is 1. The van der Waals surface area contributed by atoms with Gasteiger partial charge in [-0.15, -0.1) is 0 Å². The number of esters is 1. The van der Waals surface area contributed by atoms with E-state index >= 15 is 0 Å². The molecule has 0 aromatic heterocycles. The minimum atomic E-state index is -0.690. The lowest BCUT2D eigenvalue weighted by Gasteiger charge is -2.23. The summed E-state index contributed by atoms with van der Waals surface area (Å²) < 4.78 is 24.3. The van der Waals surface area contributed by atoms with Gasteiger partial charge in [-0.25, -0.2) is 4.39 Å². The third kappa shape index (κ3) is 7.56. The van der Waals surface area contributed by atoms with E-state index in [4.69, 9.17) is 21.1 Å². The van der Waals surface area contributed by atoms with Gasteiger partial charge in [0.1, 0.15) is 11.6 Å². The number of unbranched alkanes of at least 4 members (excludes halogenated alkanes) is 4. The molecular weight excluding hydrogens is 469 g/mol. The van der Waals surface area contributed by atoms with E-state index in [9.17, 15) is 14.0 Å². The Morgan fingerprint density at radius 1 is 1.09 bits per heavy atom. The van der Waals surface area contributed by atoms with E-state index in [1.807, 2.05) is 12.2 Å². The third-order valence-electron chi connectivity index (χ3n) is 6.25. The molecule has 5 nitrogen and oxygen atoms in total. The van der Waals surface area contributed by atoms with E-state index in [2.05, 4.69) is 12.2 Å². The summed E-state index contributed by atoms with van der Waals surface area (Å²) in [7, 11) is 1.31. The van der Waals surface area contributed by atoms with Gasteiger partial charge in [0.2, 0.25) is 0 Å². The van der Waals surface area contributed by atoms with Gasteiger partial charge < -0.3 is 14.8 Å². The van der Waals surface area contributed by atoms with Crippen molar-refractivity contribution in [2.45, 2.75) is 57.4 Å². The van der Waals surface area contributed by atoms with E-state index < -0.39 is 17.7 Å². The smallest absolute Gasteiger partial charge is 0.313 e. The predicted octanol–water partition coefficient (Wildman–Crippen LogP) is 6.46. The topological polar surface area (TPSA) is 64.6 Å². The van der Waals surface area contributed by atoms with Gasteiger partial charge >= 0.3 is 5.97 Å². The molecule has 1 amide bonds. The van der Waals surface area contributed by atoms with Gasteiger partial charge in [-0.05, 0) is 60.7 Å². The highest BCUT2D eigenvalue weighted by Crippen LogP contribution is 2.37. The fraction of sp³-hybridized carbons (Fsp3) is 0.429. The summed E-state index contributed by atoms with van der Waals surface area (Å²) in [6.45, 7) is 2.86. The Kier molecular flexibility index (Phi) is 10.2. The molecule has 188 valence electrons. The first-order valence-electron chi connectivity index (χ1n) is 12.2. The average molecular weight is 502 g/mol. The number of carbonyl (C=O) groups is 2. The molecule has 0 heterocycles. The van der Waals surface area contributed by atoms with Crippen molar-refractivity contribution in [3.05, 3.63) is 76.6 Å². The first kappa shape index (κ1) is 26.7. The predicted molar refractivity (Wildman–Crippen MR) is 135 cm³/mol. The summed E-state index contributed by atoms with van der Waals surface area (Å²) in [4.78, 5) is 25.3. The molecule has 1 aliphatic carbocycles. The fourth-order valence-corrected chi connectivity index (χ4v) is 4.63. The number of halogens is 2. The number of methoxy groups -OCH3 is 1. The average Bonchev–Trinajstić information content (AvgIpc) is 3.30. The summed E-state index contributed by atoms with van der Waals surface area (Å²) in [6.07, 6.45) is 10.1. The van der Waals surface area contributed by atoms with Crippen molar-refractivity contribution in [1.82, 2.24) is 5.32 Å². The molecule has 3 atom stereocenters. The van der Waals surface area contributed by atoms with Crippen molar-refractivity contribution in [3.63, 3.8) is 0 Å². The fourth-order valence-electron chi connectivity index (χ4n) is 4.34. The van der Waals surface area contributed by atoms with E-state index in [0.717, 1.165) is 18.6 Å². The summed E-state index contributed by atoms with van der Waals surface area (Å²) in [5.41, 5.74) is 1.03. The molecule has 3 rings (SSSR count). The Morgan fingerprint density at radius 3 is 2.51 bits per heavy atom. The number of ether oxygens (including phenoxy) is 2. The van der Waals surface area contributed by atoms with Crippen LogP contribution in [-0.4, -0.2) is 31.6 Å². The van der Waals surface area contributed by atoms with E-state index in [0.29, 0.717) is 24.2 Å². The van der Waals surface area contributed by atoms with E-state index in [-0.39, 0.29) is 22.9 Å². The number of benzene rings is 2. The van der Waals surface area contributed by atoms with Crippen LogP contribution < -0.4 is 10.1 Å². The normalized spacial score (nSPS) is 17.7. The van der Waals surface area contributed by atoms with Gasteiger partial charge in [0.15, 0.2) is 0 Å². The number of hydrogen-bond acceptors (Lipinski definition) is 4. The summed E-state index contributed by atoms with van der Waals surface area (Å²) in [5, 5.41) is 3.16. The lowest BCUT2D eigenvalue weighted by atomic mass is 9.85. The van der Waals surface area contributed by atoms with Crippen LogP contribution in [0.5, 0.6) is 5.75 Å². The maximum atomic E-state index is 13.5. The molecule has 0 bridgehead atoms. The van der Waals surface area contributed by atoms with Gasteiger partial charge in [-0.3, -0.25) is 9.59 Å². The maximum absolute atomic E-state index is 13.5. The quantitative estimate of drug-likeness (QED) is 0.206. The molecule has 0 fully saturated rings. The van der Waals surface area contributed by atoms with Crippen LogP contribution in [0.2, 0.25) is 5.02 Å². The second kappa shape index (κ2) is 13.3. The molecule has 1 N–H and O–H groups in total. The number of allylic oxidation sites excluding steroid dienone is 1. The van der Waals surface area contributed by atoms with Gasteiger partial charge in [0.05, 0.1) is 19.6 Å². The Labute approximate surface area is 211 Å². The van der Waals surface area contributed by atoms with E-state index in [1.165, 1.54) is 44.6 Å². The van der Waals surface area contributed by atoms with Crippen molar-refractivity contribution >= 4 is 23.5 Å². The van der Waals surface area contributed by atoms with Gasteiger partial charge in [-0.1, -0.05) is 62.4 Å². The third-order valence-corrected chi connectivity index (χ3v) is 6.57. The molecule has 0 unspecified atom stereocenters. The molecule has 0 saturated carbocycles. The van der Waals surface area contributed by atoms with Gasteiger partial charge in [0, 0.05) is 16.6 Å². The summed E-state index contributed by atoms with van der Waals surface area (Å²) in [5.74, 6) is -1.33. The minimum Gasteiger partial charge on any atom is -0.494 e. The van der Waals surface area contributed by atoms with Crippen LogP contribution in [0.15, 0.2) is 54.6 Å². The van der Waals surface area contributed by atoms with Crippen LogP contribution in [0, 0.1) is 11.7 Å². The second-order valence-corrected chi connectivity index (χ2v) is 9.23.